The van der Waals surface area contributed by atoms with Gasteiger partial charge in [-0.15, -0.1) is 0 Å². The zero-order chi connectivity index (χ0) is 17.3. The second kappa shape index (κ2) is 7.00. The van der Waals surface area contributed by atoms with Crippen molar-refractivity contribution in [3.63, 3.8) is 0 Å². The average Bonchev–Trinajstić information content (AvgIpc) is 2.86. The number of fused-ring (bicyclic) bond motifs is 1. The Morgan fingerprint density at radius 1 is 1.46 bits per heavy atom. The maximum Gasteiger partial charge on any atom is 0.239 e. The summed E-state index contributed by atoms with van der Waals surface area (Å²) in [7, 11) is 0. The maximum absolute atomic E-state index is 12.1. The van der Waals surface area contributed by atoms with Gasteiger partial charge in [0.2, 0.25) is 5.91 Å². The van der Waals surface area contributed by atoms with Crippen LogP contribution < -0.4 is 15.0 Å². The first-order valence-corrected chi connectivity index (χ1v) is 9.05. The van der Waals surface area contributed by atoms with Crippen molar-refractivity contribution < 1.29 is 9.53 Å². The van der Waals surface area contributed by atoms with E-state index in [9.17, 15) is 4.79 Å². The Labute approximate surface area is 155 Å². The number of halogens is 1. The lowest BCUT2D eigenvalue weighted by Gasteiger charge is -2.31. The van der Waals surface area contributed by atoms with Crippen LogP contribution in [0.15, 0.2) is 24.4 Å². The largest absolute Gasteiger partial charge is 0.489 e. The standard InChI is InChI=1S/C17H21IN4O2/c1-11(2)19-16(23)10-21-6-7-24-15-8-13(4-5-14(15)21)22-9-12(3)17(18)20-22/h4-5,8-9,11H,6-7,10H2,1-3H3,(H,19,23). The fraction of sp³-hybridized carbons (Fsp3) is 0.412. The highest BCUT2D eigenvalue weighted by Crippen LogP contribution is 2.33. The molecular formula is C17H21IN4O2. The molecule has 0 radical (unpaired) electrons. The Hall–Kier alpha value is -1.77. The summed E-state index contributed by atoms with van der Waals surface area (Å²) in [4.78, 5) is 14.1. The Morgan fingerprint density at radius 2 is 2.25 bits per heavy atom. The van der Waals surface area contributed by atoms with Gasteiger partial charge in [-0.05, 0) is 55.5 Å². The van der Waals surface area contributed by atoms with Crippen LogP contribution in [0.5, 0.6) is 5.75 Å². The highest BCUT2D eigenvalue weighted by molar-refractivity contribution is 14.1. The van der Waals surface area contributed by atoms with E-state index in [1.54, 1.807) is 0 Å². The van der Waals surface area contributed by atoms with Gasteiger partial charge in [0.1, 0.15) is 16.1 Å². The fourth-order valence-corrected chi connectivity index (χ4v) is 3.06. The summed E-state index contributed by atoms with van der Waals surface area (Å²) in [5, 5.41) is 7.43. The van der Waals surface area contributed by atoms with Crippen molar-refractivity contribution in [3.8, 4) is 11.4 Å². The van der Waals surface area contributed by atoms with Gasteiger partial charge in [-0.3, -0.25) is 4.79 Å². The quantitative estimate of drug-likeness (QED) is 0.743. The minimum Gasteiger partial charge on any atom is -0.489 e. The van der Waals surface area contributed by atoms with Crippen molar-refractivity contribution in [2.75, 3.05) is 24.6 Å². The molecule has 0 spiro atoms. The number of nitrogens with zero attached hydrogens (tertiary/aromatic N) is 3. The second-order valence-electron chi connectivity index (χ2n) is 6.19. The van der Waals surface area contributed by atoms with Crippen molar-refractivity contribution in [1.82, 2.24) is 15.1 Å². The zero-order valence-corrected chi connectivity index (χ0v) is 16.2. The third-order valence-corrected chi connectivity index (χ3v) is 4.85. The summed E-state index contributed by atoms with van der Waals surface area (Å²) < 4.78 is 8.64. The van der Waals surface area contributed by atoms with Gasteiger partial charge in [-0.2, -0.15) is 5.10 Å². The predicted octanol–water partition coefficient (Wildman–Crippen LogP) is 2.51. The van der Waals surface area contributed by atoms with Gasteiger partial charge in [0, 0.05) is 23.9 Å². The van der Waals surface area contributed by atoms with Crippen LogP contribution >= 0.6 is 22.6 Å². The number of rotatable bonds is 4. The number of amides is 1. The molecule has 0 fully saturated rings. The van der Waals surface area contributed by atoms with E-state index in [0.29, 0.717) is 19.7 Å². The normalized spacial score (nSPS) is 13.6. The molecule has 1 aromatic carbocycles. The molecule has 1 N–H and O–H groups in total. The van der Waals surface area contributed by atoms with Crippen LogP contribution in [0, 0.1) is 10.6 Å². The van der Waals surface area contributed by atoms with Crippen molar-refractivity contribution in [2.45, 2.75) is 26.8 Å². The van der Waals surface area contributed by atoms with Crippen molar-refractivity contribution >= 4 is 34.2 Å². The number of aryl methyl sites for hydroxylation is 1. The SMILES string of the molecule is Cc1cn(-c2ccc3c(c2)OCCN3CC(=O)NC(C)C)nc1I. The summed E-state index contributed by atoms with van der Waals surface area (Å²) in [6, 6.07) is 6.12. The molecule has 0 bridgehead atoms. The minimum atomic E-state index is 0.0270. The molecule has 0 saturated carbocycles. The lowest BCUT2D eigenvalue weighted by molar-refractivity contribution is -0.120. The third kappa shape index (κ3) is 3.66. The number of hydrogen-bond donors (Lipinski definition) is 1. The van der Waals surface area contributed by atoms with Crippen LogP contribution in [0.25, 0.3) is 5.69 Å². The molecule has 6 nitrogen and oxygen atoms in total. The number of aromatic nitrogens is 2. The molecule has 2 heterocycles. The molecule has 1 amide bonds. The van der Waals surface area contributed by atoms with Crippen LogP contribution in [0.3, 0.4) is 0 Å². The molecule has 7 heteroatoms. The van der Waals surface area contributed by atoms with Gasteiger partial charge in [-0.1, -0.05) is 0 Å². The third-order valence-electron chi connectivity index (χ3n) is 3.79. The van der Waals surface area contributed by atoms with Crippen LogP contribution in [0.4, 0.5) is 5.69 Å². The van der Waals surface area contributed by atoms with Gasteiger partial charge in [-0.25, -0.2) is 4.68 Å². The van der Waals surface area contributed by atoms with E-state index in [1.165, 1.54) is 0 Å². The van der Waals surface area contributed by atoms with Crippen molar-refractivity contribution in [3.05, 3.63) is 33.7 Å². The maximum atomic E-state index is 12.1. The Kier molecular flexibility index (Phi) is 4.98. The van der Waals surface area contributed by atoms with E-state index in [-0.39, 0.29) is 11.9 Å². The van der Waals surface area contributed by atoms with Crippen molar-refractivity contribution in [1.29, 1.82) is 0 Å². The highest BCUT2D eigenvalue weighted by Gasteiger charge is 2.21. The first kappa shape index (κ1) is 17.1. The monoisotopic (exact) mass is 440 g/mol. The van der Waals surface area contributed by atoms with Gasteiger partial charge < -0.3 is 15.0 Å². The summed E-state index contributed by atoms with van der Waals surface area (Å²) in [6.45, 7) is 7.58. The topological polar surface area (TPSA) is 59.4 Å². The van der Waals surface area contributed by atoms with E-state index in [4.69, 9.17) is 4.74 Å². The van der Waals surface area contributed by atoms with Gasteiger partial charge in [0.05, 0.1) is 24.5 Å². The van der Waals surface area contributed by atoms with E-state index >= 15 is 0 Å². The number of carbonyl (C=O) groups is 1. The summed E-state index contributed by atoms with van der Waals surface area (Å²) in [5.41, 5.74) is 3.04. The van der Waals surface area contributed by atoms with Gasteiger partial charge in [0.15, 0.2) is 0 Å². The number of benzene rings is 1. The Bertz CT molecular complexity index is 738. The van der Waals surface area contributed by atoms with Crippen molar-refractivity contribution in [2.24, 2.45) is 0 Å². The molecule has 0 unspecified atom stereocenters. The van der Waals surface area contributed by atoms with Crippen LogP contribution in [-0.2, 0) is 4.79 Å². The Morgan fingerprint density at radius 3 is 2.92 bits per heavy atom. The summed E-state index contributed by atoms with van der Waals surface area (Å²) in [5.74, 6) is 0.818. The van der Waals surface area contributed by atoms with E-state index in [1.807, 2.05) is 49.8 Å². The second-order valence-corrected chi connectivity index (χ2v) is 7.21. The molecular weight excluding hydrogens is 419 g/mol. The molecule has 0 atom stereocenters. The minimum absolute atomic E-state index is 0.0270. The lowest BCUT2D eigenvalue weighted by atomic mass is 10.2. The van der Waals surface area contributed by atoms with Gasteiger partial charge in [0.25, 0.3) is 0 Å². The summed E-state index contributed by atoms with van der Waals surface area (Å²) in [6.07, 6.45) is 2.00. The molecule has 1 aliphatic heterocycles. The number of ether oxygens (including phenoxy) is 1. The van der Waals surface area contributed by atoms with E-state index in [2.05, 4.69) is 37.9 Å². The molecule has 3 rings (SSSR count). The zero-order valence-electron chi connectivity index (χ0n) is 14.0. The first-order valence-electron chi connectivity index (χ1n) is 7.97. The first-order chi connectivity index (χ1) is 11.4. The van der Waals surface area contributed by atoms with Crippen LogP contribution in [0.2, 0.25) is 0 Å². The molecule has 24 heavy (non-hydrogen) atoms. The molecule has 0 aliphatic carbocycles. The van der Waals surface area contributed by atoms with Gasteiger partial charge >= 0.3 is 0 Å². The number of carbonyl (C=O) groups excluding carboxylic acids is 1. The number of nitrogens with one attached hydrogen (secondary N) is 1. The highest BCUT2D eigenvalue weighted by atomic mass is 127. The van der Waals surface area contributed by atoms with Crippen LogP contribution in [0.1, 0.15) is 19.4 Å². The van der Waals surface area contributed by atoms with E-state index < -0.39 is 0 Å². The molecule has 2 aromatic rings. The predicted molar refractivity (Wildman–Crippen MR) is 102 cm³/mol. The molecule has 128 valence electrons. The van der Waals surface area contributed by atoms with E-state index in [0.717, 1.165) is 26.4 Å². The smallest absolute Gasteiger partial charge is 0.239 e. The fourth-order valence-electron chi connectivity index (χ4n) is 2.68. The van der Waals surface area contributed by atoms with Crippen LogP contribution in [-0.4, -0.2) is 41.4 Å². The molecule has 1 aromatic heterocycles. The lowest BCUT2D eigenvalue weighted by Crippen LogP contribution is -2.43. The number of hydrogen-bond acceptors (Lipinski definition) is 4. The summed E-state index contributed by atoms with van der Waals surface area (Å²) >= 11 is 2.23. The number of anilines is 1. The molecule has 1 aliphatic rings. The Balaban J connectivity index is 1.83. The average molecular weight is 440 g/mol. The molecule has 0 saturated heterocycles.